The largest absolute Gasteiger partial charge is 0.350 e. The highest BCUT2D eigenvalue weighted by Crippen LogP contribution is 2.29. The van der Waals surface area contributed by atoms with E-state index in [0.717, 1.165) is 33.6 Å². The molecule has 3 aromatic heterocycles. The second-order valence-corrected chi connectivity index (χ2v) is 7.47. The topological polar surface area (TPSA) is 77.7 Å². The first-order chi connectivity index (χ1) is 13.1. The van der Waals surface area contributed by atoms with Gasteiger partial charge in [0.25, 0.3) is 5.91 Å². The van der Waals surface area contributed by atoms with Crippen molar-refractivity contribution in [1.82, 2.24) is 25.1 Å². The predicted octanol–water partition coefficient (Wildman–Crippen LogP) is 3.66. The fourth-order valence-corrected chi connectivity index (χ4v) is 4.21. The van der Waals surface area contributed by atoms with Crippen LogP contribution in [-0.2, 0) is 13.0 Å². The predicted molar refractivity (Wildman–Crippen MR) is 101 cm³/mol. The average molecular weight is 381 g/mol. The Hall–Kier alpha value is -3.00. The van der Waals surface area contributed by atoms with Gasteiger partial charge < -0.3 is 9.88 Å². The molecule has 0 aliphatic carbocycles. The first-order valence-corrected chi connectivity index (χ1v) is 9.57. The van der Waals surface area contributed by atoms with Crippen molar-refractivity contribution in [3.05, 3.63) is 57.4 Å². The summed E-state index contributed by atoms with van der Waals surface area (Å²) >= 11 is 1.52. The van der Waals surface area contributed by atoms with Crippen LogP contribution in [0.1, 0.15) is 27.3 Å². The lowest BCUT2D eigenvalue weighted by Crippen LogP contribution is -2.36. The molecule has 0 saturated carbocycles. The molecule has 27 heavy (non-hydrogen) atoms. The highest BCUT2D eigenvalue weighted by Gasteiger charge is 2.27. The fraction of sp³-hybridized carbons (Fsp3) is 0.211. The van der Waals surface area contributed by atoms with Crippen LogP contribution in [0.2, 0.25) is 0 Å². The Morgan fingerprint density at radius 1 is 1.33 bits per heavy atom. The van der Waals surface area contributed by atoms with Gasteiger partial charge in [-0.05, 0) is 30.7 Å². The minimum Gasteiger partial charge on any atom is -0.350 e. The van der Waals surface area contributed by atoms with E-state index >= 15 is 0 Å². The number of halogens is 1. The van der Waals surface area contributed by atoms with Crippen molar-refractivity contribution >= 4 is 28.1 Å². The normalized spacial score (nSPS) is 13.9. The number of amides is 1. The summed E-state index contributed by atoms with van der Waals surface area (Å²) in [5.74, 6) is -0.406. The van der Waals surface area contributed by atoms with Gasteiger partial charge in [-0.1, -0.05) is 0 Å². The third-order valence-corrected chi connectivity index (χ3v) is 5.62. The van der Waals surface area contributed by atoms with E-state index in [2.05, 4.69) is 20.2 Å². The van der Waals surface area contributed by atoms with E-state index in [1.54, 1.807) is 16.5 Å². The number of nitrogens with one attached hydrogen (secondary N) is 2. The van der Waals surface area contributed by atoms with Crippen molar-refractivity contribution in [2.75, 3.05) is 6.54 Å². The molecule has 4 aromatic rings. The first kappa shape index (κ1) is 16.2. The first-order valence-electron chi connectivity index (χ1n) is 8.63. The summed E-state index contributed by atoms with van der Waals surface area (Å²) in [5.41, 5.74) is 7.38. The van der Waals surface area contributed by atoms with Crippen molar-refractivity contribution < 1.29 is 9.18 Å². The minimum absolute atomic E-state index is 0.0953. The Bertz CT molecular complexity index is 1160. The van der Waals surface area contributed by atoms with E-state index in [0.29, 0.717) is 30.7 Å². The second-order valence-electron chi connectivity index (χ2n) is 6.75. The molecule has 2 N–H and O–H groups in total. The zero-order valence-corrected chi connectivity index (χ0v) is 15.4. The van der Waals surface area contributed by atoms with Gasteiger partial charge in [0.2, 0.25) is 0 Å². The van der Waals surface area contributed by atoms with E-state index in [-0.39, 0.29) is 11.7 Å². The summed E-state index contributed by atoms with van der Waals surface area (Å²) in [6, 6.07) is 4.70. The van der Waals surface area contributed by atoms with Crippen LogP contribution in [0.4, 0.5) is 4.39 Å². The van der Waals surface area contributed by atoms with E-state index in [1.807, 2.05) is 12.3 Å². The van der Waals surface area contributed by atoms with Crippen molar-refractivity contribution in [3.8, 4) is 11.4 Å². The molecule has 6 nitrogen and oxygen atoms in total. The Morgan fingerprint density at radius 2 is 2.22 bits per heavy atom. The smallest absolute Gasteiger partial charge is 0.270 e. The third-order valence-electron chi connectivity index (χ3n) is 5.04. The molecule has 0 fully saturated rings. The zero-order chi connectivity index (χ0) is 18.5. The highest BCUT2D eigenvalue weighted by atomic mass is 32.1. The third kappa shape index (κ3) is 2.64. The number of benzene rings is 1. The van der Waals surface area contributed by atoms with Crippen LogP contribution in [-0.4, -0.2) is 37.5 Å². The number of hydrogen-bond donors (Lipinski definition) is 2. The van der Waals surface area contributed by atoms with Gasteiger partial charge in [-0.2, -0.15) is 5.10 Å². The molecule has 1 amide bonds. The van der Waals surface area contributed by atoms with E-state index in [9.17, 15) is 9.18 Å². The van der Waals surface area contributed by atoms with Crippen LogP contribution in [0.15, 0.2) is 29.1 Å². The maximum Gasteiger partial charge on any atom is 0.270 e. The molecule has 0 atom stereocenters. The molecule has 0 bridgehead atoms. The quantitative estimate of drug-likeness (QED) is 0.556. The molecule has 8 heteroatoms. The van der Waals surface area contributed by atoms with Gasteiger partial charge in [0.15, 0.2) is 0 Å². The number of aromatic nitrogens is 4. The maximum atomic E-state index is 13.6. The number of nitrogens with zero attached hydrogens (tertiary/aromatic N) is 3. The SMILES string of the molecule is Cc1cc(F)cc2[nH]c(C(=O)N3CCc4[nH]nc(-c5cscn5)c4C3)cc12. The monoisotopic (exact) mass is 381 g/mol. The number of hydrogen-bond acceptors (Lipinski definition) is 4. The summed E-state index contributed by atoms with van der Waals surface area (Å²) in [7, 11) is 0. The van der Waals surface area contributed by atoms with E-state index in [1.165, 1.54) is 23.5 Å². The van der Waals surface area contributed by atoms with Crippen LogP contribution >= 0.6 is 11.3 Å². The molecule has 0 spiro atoms. The minimum atomic E-state index is -0.310. The molecule has 0 unspecified atom stereocenters. The van der Waals surface area contributed by atoms with Gasteiger partial charge in [-0.3, -0.25) is 9.89 Å². The van der Waals surface area contributed by atoms with Crippen LogP contribution < -0.4 is 0 Å². The number of rotatable bonds is 2. The lowest BCUT2D eigenvalue weighted by atomic mass is 10.0. The maximum absolute atomic E-state index is 13.6. The number of fused-ring (bicyclic) bond motifs is 2. The average Bonchev–Trinajstić information content (AvgIpc) is 3.38. The van der Waals surface area contributed by atoms with Crippen LogP contribution in [0.5, 0.6) is 0 Å². The van der Waals surface area contributed by atoms with Crippen LogP contribution in [0.3, 0.4) is 0 Å². The Morgan fingerprint density at radius 3 is 3.04 bits per heavy atom. The highest BCUT2D eigenvalue weighted by molar-refractivity contribution is 7.07. The van der Waals surface area contributed by atoms with Gasteiger partial charge >= 0.3 is 0 Å². The van der Waals surface area contributed by atoms with Crippen molar-refractivity contribution in [2.24, 2.45) is 0 Å². The standard InChI is InChI=1S/C19H16FN5OS/c1-10-4-11(20)5-15-12(10)6-16(22-15)19(26)25-3-2-14-13(7-25)18(24-23-14)17-8-27-9-21-17/h4-6,8-9,22H,2-3,7H2,1H3,(H,23,24). The molecule has 0 saturated heterocycles. The fourth-order valence-electron chi connectivity index (χ4n) is 3.67. The molecule has 136 valence electrons. The molecular formula is C19H16FN5OS. The Balaban J connectivity index is 1.47. The molecule has 5 rings (SSSR count). The molecule has 1 aliphatic heterocycles. The number of H-pyrrole nitrogens is 2. The Labute approximate surface area is 158 Å². The van der Waals surface area contributed by atoms with Gasteiger partial charge in [-0.25, -0.2) is 9.37 Å². The second kappa shape index (κ2) is 6.02. The zero-order valence-electron chi connectivity index (χ0n) is 14.5. The van der Waals surface area contributed by atoms with Gasteiger partial charge in [0, 0.05) is 40.5 Å². The van der Waals surface area contributed by atoms with Crippen molar-refractivity contribution in [1.29, 1.82) is 0 Å². The molecular weight excluding hydrogens is 365 g/mol. The molecule has 1 aromatic carbocycles. The van der Waals surface area contributed by atoms with Gasteiger partial charge in [0.05, 0.1) is 12.1 Å². The van der Waals surface area contributed by atoms with Gasteiger partial charge in [0.1, 0.15) is 22.9 Å². The number of aromatic amines is 2. The number of aryl methyl sites for hydroxylation is 1. The molecule has 1 aliphatic rings. The molecule has 4 heterocycles. The summed E-state index contributed by atoms with van der Waals surface area (Å²) in [6.45, 7) is 2.92. The summed E-state index contributed by atoms with van der Waals surface area (Å²) < 4.78 is 13.6. The van der Waals surface area contributed by atoms with Crippen LogP contribution in [0.25, 0.3) is 22.3 Å². The number of thiazole rings is 1. The van der Waals surface area contributed by atoms with Gasteiger partial charge in [-0.15, -0.1) is 11.3 Å². The van der Waals surface area contributed by atoms with Crippen molar-refractivity contribution in [3.63, 3.8) is 0 Å². The number of carbonyl (C=O) groups is 1. The summed E-state index contributed by atoms with van der Waals surface area (Å²) in [6.07, 6.45) is 0.714. The van der Waals surface area contributed by atoms with Crippen LogP contribution in [0, 0.1) is 12.7 Å². The Kier molecular flexibility index (Phi) is 3.61. The van der Waals surface area contributed by atoms with E-state index in [4.69, 9.17) is 0 Å². The number of carbonyl (C=O) groups excluding carboxylic acids is 1. The lowest BCUT2D eigenvalue weighted by Gasteiger charge is -2.26. The summed E-state index contributed by atoms with van der Waals surface area (Å²) in [5, 5.41) is 10.3. The summed E-state index contributed by atoms with van der Waals surface area (Å²) in [4.78, 5) is 22.2. The van der Waals surface area contributed by atoms with Crippen molar-refractivity contribution in [2.45, 2.75) is 19.9 Å². The van der Waals surface area contributed by atoms with E-state index < -0.39 is 0 Å². The lowest BCUT2D eigenvalue weighted by molar-refractivity contribution is 0.0729. The molecule has 0 radical (unpaired) electrons.